The summed E-state index contributed by atoms with van der Waals surface area (Å²) in [5.74, 6) is 0.616. The van der Waals surface area contributed by atoms with Crippen molar-refractivity contribution in [2.45, 2.75) is 44.6 Å². The summed E-state index contributed by atoms with van der Waals surface area (Å²) in [6.07, 6.45) is 6.47. The van der Waals surface area contributed by atoms with Gasteiger partial charge in [0.25, 0.3) is 5.91 Å². The van der Waals surface area contributed by atoms with E-state index in [0.29, 0.717) is 17.6 Å². The average molecular weight is 377 g/mol. The lowest BCUT2D eigenvalue weighted by molar-refractivity contribution is -0.136. The number of aromatic nitrogens is 1. The number of hydrogen-bond acceptors (Lipinski definition) is 5. The fourth-order valence-corrected chi connectivity index (χ4v) is 5.18. The minimum atomic E-state index is 0.0606. The molecule has 4 rings (SSSR count). The average Bonchev–Trinajstić information content (AvgIpc) is 3.41. The van der Waals surface area contributed by atoms with Crippen LogP contribution in [-0.4, -0.2) is 76.8 Å². The van der Waals surface area contributed by atoms with Crippen LogP contribution in [0, 0.1) is 5.92 Å². The third-order valence-electron chi connectivity index (χ3n) is 6.14. The number of amides is 2. The molecule has 1 aromatic rings. The maximum absolute atomic E-state index is 12.7. The number of hydrogen-bond donors (Lipinski definition) is 0. The van der Waals surface area contributed by atoms with E-state index in [4.69, 9.17) is 0 Å². The molecule has 7 heteroatoms. The monoisotopic (exact) mass is 376 g/mol. The molecule has 4 heterocycles. The van der Waals surface area contributed by atoms with E-state index in [9.17, 15) is 9.59 Å². The van der Waals surface area contributed by atoms with Crippen molar-refractivity contribution in [1.82, 2.24) is 19.7 Å². The van der Waals surface area contributed by atoms with Gasteiger partial charge < -0.3 is 9.80 Å². The number of rotatable bonds is 3. The van der Waals surface area contributed by atoms with Crippen molar-refractivity contribution in [3.63, 3.8) is 0 Å². The molecule has 3 aliphatic heterocycles. The number of carbonyl (C=O) groups is 2. The third-order valence-corrected chi connectivity index (χ3v) is 6.73. The van der Waals surface area contributed by atoms with Gasteiger partial charge in [-0.25, -0.2) is 4.98 Å². The highest BCUT2D eigenvalue weighted by Crippen LogP contribution is 2.26. The maximum Gasteiger partial charge on any atom is 0.273 e. The number of likely N-dealkylation sites (tertiary alicyclic amines) is 3. The van der Waals surface area contributed by atoms with Crippen molar-refractivity contribution in [3.05, 3.63) is 16.6 Å². The Morgan fingerprint density at radius 2 is 1.73 bits per heavy atom. The van der Waals surface area contributed by atoms with Gasteiger partial charge in [-0.3, -0.25) is 14.5 Å². The number of nitrogens with zero attached hydrogens (tertiary/aromatic N) is 4. The number of carbonyl (C=O) groups excluding carboxylic acids is 2. The van der Waals surface area contributed by atoms with E-state index in [1.54, 1.807) is 5.51 Å². The third kappa shape index (κ3) is 3.78. The summed E-state index contributed by atoms with van der Waals surface area (Å²) in [6, 6.07) is 0.503. The molecule has 26 heavy (non-hydrogen) atoms. The minimum Gasteiger partial charge on any atom is -0.342 e. The number of thiazole rings is 1. The van der Waals surface area contributed by atoms with Gasteiger partial charge in [-0.1, -0.05) is 0 Å². The predicted octanol–water partition coefficient (Wildman–Crippen LogP) is 2.08. The van der Waals surface area contributed by atoms with Crippen molar-refractivity contribution in [1.29, 1.82) is 0 Å². The highest BCUT2D eigenvalue weighted by atomic mass is 32.1. The molecule has 2 amide bonds. The van der Waals surface area contributed by atoms with E-state index >= 15 is 0 Å². The van der Waals surface area contributed by atoms with Crippen molar-refractivity contribution in [2.75, 3.05) is 39.3 Å². The Bertz CT molecular complexity index is 621. The van der Waals surface area contributed by atoms with Gasteiger partial charge in [-0.15, -0.1) is 11.3 Å². The largest absolute Gasteiger partial charge is 0.342 e. The Hall–Kier alpha value is -1.47. The van der Waals surface area contributed by atoms with Crippen LogP contribution in [0.2, 0.25) is 0 Å². The van der Waals surface area contributed by atoms with Crippen LogP contribution in [0.3, 0.4) is 0 Å². The summed E-state index contributed by atoms with van der Waals surface area (Å²) in [6.45, 7) is 5.48. The van der Waals surface area contributed by atoms with Gasteiger partial charge >= 0.3 is 0 Å². The van der Waals surface area contributed by atoms with Crippen LogP contribution in [0.25, 0.3) is 0 Å². The van der Waals surface area contributed by atoms with Crippen molar-refractivity contribution in [2.24, 2.45) is 5.92 Å². The second-order valence-electron chi connectivity index (χ2n) is 7.76. The van der Waals surface area contributed by atoms with E-state index in [1.807, 2.05) is 10.3 Å². The molecule has 1 unspecified atom stereocenters. The topological polar surface area (TPSA) is 56.8 Å². The lowest BCUT2D eigenvalue weighted by atomic mass is 9.93. The summed E-state index contributed by atoms with van der Waals surface area (Å²) in [5.41, 5.74) is 2.29. The van der Waals surface area contributed by atoms with Crippen LogP contribution < -0.4 is 0 Å². The Morgan fingerprint density at radius 3 is 2.42 bits per heavy atom. The molecule has 6 nitrogen and oxygen atoms in total. The molecule has 3 saturated heterocycles. The van der Waals surface area contributed by atoms with Gasteiger partial charge in [0, 0.05) is 44.1 Å². The van der Waals surface area contributed by atoms with E-state index in [1.165, 1.54) is 11.3 Å². The van der Waals surface area contributed by atoms with Crippen molar-refractivity contribution >= 4 is 23.2 Å². The Morgan fingerprint density at radius 1 is 0.962 bits per heavy atom. The summed E-state index contributed by atoms with van der Waals surface area (Å²) in [5, 5.41) is 1.83. The van der Waals surface area contributed by atoms with Crippen molar-refractivity contribution < 1.29 is 9.59 Å². The smallest absolute Gasteiger partial charge is 0.273 e. The fraction of sp³-hybridized carbons (Fsp3) is 0.737. The summed E-state index contributed by atoms with van der Waals surface area (Å²) in [7, 11) is 0. The SMILES string of the molecule is O=C(c1cscn1)N1CCC(N2CCCC(C(=O)N3CCCC3)C2)CC1. The first-order valence-corrected chi connectivity index (χ1v) is 10.9. The zero-order chi connectivity index (χ0) is 17.9. The Labute approximate surface area is 159 Å². The zero-order valence-electron chi connectivity index (χ0n) is 15.3. The number of piperidine rings is 2. The standard InChI is InChI=1S/C19H28N4O2S/c24-18(21-7-1-2-8-21)15-4-3-9-23(12-15)16-5-10-22(11-6-16)19(25)17-13-26-14-20-17/h13-16H,1-12H2. The van der Waals surface area contributed by atoms with Crippen molar-refractivity contribution in [3.8, 4) is 0 Å². The first-order chi connectivity index (χ1) is 12.7. The minimum absolute atomic E-state index is 0.0606. The predicted molar refractivity (Wildman–Crippen MR) is 101 cm³/mol. The normalized spacial score (nSPS) is 25.6. The molecule has 142 valence electrons. The van der Waals surface area contributed by atoms with Gasteiger partial charge in [0.15, 0.2) is 0 Å². The second kappa shape index (κ2) is 8.05. The van der Waals surface area contributed by atoms with Crippen LogP contribution in [0.5, 0.6) is 0 Å². The van der Waals surface area contributed by atoms with Gasteiger partial charge in [-0.2, -0.15) is 0 Å². The summed E-state index contributed by atoms with van der Waals surface area (Å²) >= 11 is 1.47. The first-order valence-electron chi connectivity index (χ1n) is 9.92. The van der Waals surface area contributed by atoms with Crippen LogP contribution in [0.15, 0.2) is 10.9 Å². The molecule has 0 bridgehead atoms. The fourth-order valence-electron chi connectivity index (χ4n) is 4.65. The Kier molecular flexibility index (Phi) is 5.55. The van der Waals surface area contributed by atoms with E-state index in [2.05, 4.69) is 14.8 Å². The van der Waals surface area contributed by atoms with Crippen LogP contribution >= 0.6 is 11.3 Å². The molecular weight excluding hydrogens is 348 g/mol. The van der Waals surface area contributed by atoms with Gasteiger partial charge in [-0.05, 0) is 45.1 Å². The Balaban J connectivity index is 1.30. The highest BCUT2D eigenvalue weighted by molar-refractivity contribution is 7.07. The van der Waals surface area contributed by atoms with Crippen LogP contribution in [-0.2, 0) is 4.79 Å². The molecule has 0 aliphatic carbocycles. The molecule has 1 atom stereocenters. The van der Waals surface area contributed by atoms with E-state index < -0.39 is 0 Å². The highest BCUT2D eigenvalue weighted by Gasteiger charge is 2.34. The summed E-state index contributed by atoms with van der Waals surface area (Å²) < 4.78 is 0. The second-order valence-corrected chi connectivity index (χ2v) is 8.48. The van der Waals surface area contributed by atoms with Crippen LogP contribution in [0.1, 0.15) is 49.0 Å². The molecule has 0 radical (unpaired) electrons. The molecule has 0 N–H and O–H groups in total. The molecule has 0 spiro atoms. The maximum atomic E-state index is 12.7. The van der Waals surface area contributed by atoms with Gasteiger partial charge in [0.05, 0.1) is 11.4 Å². The summed E-state index contributed by atoms with van der Waals surface area (Å²) in [4.78, 5) is 35.8. The first kappa shape index (κ1) is 17.9. The van der Waals surface area contributed by atoms with Gasteiger partial charge in [0.2, 0.25) is 5.91 Å². The van der Waals surface area contributed by atoms with E-state index in [-0.39, 0.29) is 11.8 Å². The quantitative estimate of drug-likeness (QED) is 0.811. The molecule has 3 aliphatic rings. The molecule has 3 fully saturated rings. The molecule has 1 aromatic heterocycles. The molecule has 0 aromatic carbocycles. The zero-order valence-corrected chi connectivity index (χ0v) is 16.1. The van der Waals surface area contributed by atoms with Crippen LogP contribution in [0.4, 0.5) is 0 Å². The lowest BCUT2D eigenvalue weighted by Crippen LogP contribution is -2.51. The van der Waals surface area contributed by atoms with Gasteiger partial charge in [0.1, 0.15) is 5.69 Å². The molecule has 0 saturated carbocycles. The lowest BCUT2D eigenvalue weighted by Gasteiger charge is -2.42. The molecular formula is C19H28N4O2S. The van der Waals surface area contributed by atoms with E-state index in [0.717, 1.165) is 77.8 Å².